The normalized spacial score (nSPS) is 19.6. The van der Waals surface area contributed by atoms with Crippen molar-refractivity contribution in [1.29, 1.82) is 0 Å². The molecular formula is C16H22N2O. The van der Waals surface area contributed by atoms with Crippen LogP contribution < -0.4 is 11.1 Å². The van der Waals surface area contributed by atoms with Crippen LogP contribution in [0.1, 0.15) is 47.2 Å². The van der Waals surface area contributed by atoms with Crippen molar-refractivity contribution < 1.29 is 4.79 Å². The fourth-order valence-electron chi connectivity index (χ4n) is 2.87. The van der Waals surface area contributed by atoms with Crippen molar-refractivity contribution in [2.24, 2.45) is 11.1 Å². The Balaban J connectivity index is 1.66. The zero-order chi connectivity index (χ0) is 13.3. The summed E-state index contributed by atoms with van der Waals surface area (Å²) < 4.78 is 0. The van der Waals surface area contributed by atoms with Gasteiger partial charge in [0.2, 0.25) is 0 Å². The summed E-state index contributed by atoms with van der Waals surface area (Å²) in [7, 11) is 0. The fraction of sp³-hybridized carbons (Fsp3) is 0.562. The van der Waals surface area contributed by atoms with Crippen molar-refractivity contribution in [3.8, 4) is 0 Å². The molecule has 1 fully saturated rings. The molecule has 0 spiro atoms. The van der Waals surface area contributed by atoms with Crippen molar-refractivity contribution in [1.82, 2.24) is 5.32 Å². The van der Waals surface area contributed by atoms with Gasteiger partial charge in [0.15, 0.2) is 0 Å². The SMILES string of the molecule is NCC1(CNC(=O)c2ccc3c(c2)CCCC3)CC1. The van der Waals surface area contributed by atoms with Gasteiger partial charge in [0.05, 0.1) is 0 Å². The Bertz CT molecular complexity index is 492. The summed E-state index contributed by atoms with van der Waals surface area (Å²) in [4.78, 5) is 12.2. The number of hydrogen-bond donors (Lipinski definition) is 2. The van der Waals surface area contributed by atoms with Gasteiger partial charge < -0.3 is 11.1 Å². The molecule has 3 nitrogen and oxygen atoms in total. The van der Waals surface area contributed by atoms with E-state index in [9.17, 15) is 4.79 Å². The Morgan fingerprint density at radius 3 is 2.63 bits per heavy atom. The minimum absolute atomic E-state index is 0.0492. The van der Waals surface area contributed by atoms with Crippen molar-refractivity contribution in [3.05, 3.63) is 34.9 Å². The number of nitrogens with two attached hydrogens (primary N) is 1. The zero-order valence-corrected chi connectivity index (χ0v) is 11.4. The number of hydrogen-bond acceptors (Lipinski definition) is 2. The van der Waals surface area contributed by atoms with Gasteiger partial charge in [-0.2, -0.15) is 0 Å². The molecule has 0 radical (unpaired) electrons. The fourth-order valence-corrected chi connectivity index (χ4v) is 2.87. The van der Waals surface area contributed by atoms with Crippen molar-refractivity contribution in [3.63, 3.8) is 0 Å². The summed E-state index contributed by atoms with van der Waals surface area (Å²) in [6, 6.07) is 6.16. The van der Waals surface area contributed by atoms with Crippen LogP contribution in [-0.2, 0) is 12.8 Å². The molecule has 0 unspecified atom stereocenters. The van der Waals surface area contributed by atoms with Crippen molar-refractivity contribution in [2.45, 2.75) is 38.5 Å². The van der Waals surface area contributed by atoms with Gasteiger partial charge in [-0.25, -0.2) is 0 Å². The number of carbonyl (C=O) groups is 1. The van der Waals surface area contributed by atoms with Gasteiger partial charge in [-0.1, -0.05) is 6.07 Å². The molecule has 2 aliphatic rings. The quantitative estimate of drug-likeness (QED) is 0.868. The topological polar surface area (TPSA) is 55.1 Å². The van der Waals surface area contributed by atoms with Crippen LogP contribution in [0.25, 0.3) is 0 Å². The molecule has 19 heavy (non-hydrogen) atoms. The number of benzene rings is 1. The molecule has 1 amide bonds. The molecule has 2 aliphatic carbocycles. The van der Waals surface area contributed by atoms with E-state index >= 15 is 0 Å². The molecule has 102 valence electrons. The van der Waals surface area contributed by atoms with Crippen LogP contribution in [0, 0.1) is 5.41 Å². The molecule has 1 saturated carbocycles. The van der Waals surface area contributed by atoms with Gasteiger partial charge in [-0.15, -0.1) is 0 Å². The monoisotopic (exact) mass is 258 g/mol. The number of aryl methyl sites for hydroxylation is 2. The summed E-state index contributed by atoms with van der Waals surface area (Å²) in [6.07, 6.45) is 7.09. The van der Waals surface area contributed by atoms with E-state index in [-0.39, 0.29) is 11.3 Å². The second kappa shape index (κ2) is 4.97. The Hall–Kier alpha value is -1.35. The number of carbonyl (C=O) groups excluding carboxylic acids is 1. The lowest BCUT2D eigenvalue weighted by molar-refractivity contribution is 0.0945. The zero-order valence-electron chi connectivity index (χ0n) is 11.4. The third-order valence-electron chi connectivity index (χ3n) is 4.62. The van der Waals surface area contributed by atoms with E-state index in [1.807, 2.05) is 6.07 Å². The number of rotatable bonds is 4. The van der Waals surface area contributed by atoms with Gasteiger partial charge in [-0.3, -0.25) is 4.79 Å². The van der Waals surface area contributed by atoms with Crippen LogP contribution in [0.15, 0.2) is 18.2 Å². The highest BCUT2D eigenvalue weighted by Gasteiger charge is 2.41. The number of fused-ring (bicyclic) bond motifs is 1. The van der Waals surface area contributed by atoms with E-state index in [1.54, 1.807) is 0 Å². The lowest BCUT2D eigenvalue weighted by Crippen LogP contribution is -2.34. The first-order valence-electron chi connectivity index (χ1n) is 7.33. The van der Waals surface area contributed by atoms with Crippen LogP contribution in [0.2, 0.25) is 0 Å². The van der Waals surface area contributed by atoms with Gasteiger partial charge in [-0.05, 0) is 68.3 Å². The molecule has 0 heterocycles. The van der Waals surface area contributed by atoms with Crippen LogP contribution in [0.4, 0.5) is 0 Å². The van der Waals surface area contributed by atoms with Crippen molar-refractivity contribution in [2.75, 3.05) is 13.1 Å². The van der Waals surface area contributed by atoms with E-state index < -0.39 is 0 Å². The predicted molar refractivity (Wildman–Crippen MR) is 76.1 cm³/mol. The summed E-state index contributed by atoms with van der Waals surface area (Å²) >= 11 is 0. The van der Waals surface area contributed by atoms with Crippen LogP contribution in [0.5, 0.6) is 0 Å². The van der Waals surface area contributed by atoms with Crippen LogP contribution in [0.3, 0.4) is 0 Å². The third-order valence-corrected chi connectivity index (χ3v) is 4.62. The summed E-state index contributed by atoms with van der Waals surface area (Å²) in [5, 5.41) is 3.04. The van der Waals surface area contributed by atoms with E-state index in [0.717, 1.165) is 37.8 Å². The largest absolute Gasteiger partial charge is 0.351 e. The molecule has 3 N–H and O–H groups in total. The van der Waals surface area contributed by atoms with Crippen LogP contribution >= 0.6 is 0 Å². The highest BCUT2D eigenvalue weighted by Crippen LogP contribution is 2.43. The van der Waals surface area contributed by atoms with E-state index in [0.29, 0.717) is 6.54 Å². The molecule has 0 aliphatic heterocycles. The Labute approximate surface area is 114 Å². The Kier molecular flexibility index (Phi) is 3.31. The number of nitrogens with one attached hydrogen (secondary N) is 1. The van der Waals surface area contributed by atoms with Gasteiger partial charge >= 0.3 is 0 Å². The average Bonchev–Trinajstić information content (AvgIpc) is 3.25. The number of amides is 1. The Morgan fingerprint density at radius 2 is 1.95 bits per heavy atom. The third kappa shape index (κ3) is 2.66. The van der Waals surface area contributed by atoms with E-state index in [2.05, 4.69) is 17.4 Å². The standard InChI is InChI=1S/C16H22N2O/c17-10-16(7-8-16)11-18-15(19)14-6-5-12-3-1-2-4-13(12)9-14/h5-6,9H,1-4,7-8,10-11,17H2,(H,18,19). The first kappa shape index (κ1) is 12.7. The predicted octanol–water partition coefficient (Wildman–Crippen LogP) is 2.03. The minimum atomic E-state index is 0.0492. The van der Waals surface area contributed by atoms with Gasteiger partial charge in [0, 0.05) is 17.5 Å². The maximum Gasteiger partial charge on any atom is 0.251 e. The highest BCUT2D eigenvalue weighted by molar-refractivity contribution is 5.94. The highest BCUT2D eigenvalue weighted by atomic mass is 16.1. The minimum Gasteiger partial charge on any atom is -0.351 e. The molecule has 0 atom stereocenters. The second-order valence-corrected chi connectivity index (χ2v) is 6.08. The molecule has 3 heteroatoms. The van der Waals surface area contributed by atoms with Gasteiger partial charge in [0.1, 0.15) is 0 Å². The molecule has 0 bridgehead atoms. The maximum atomic E-state index is 12.2. The molecule has 0 saturated heterocycles. The Morgan fingerprint density at radius 1 is 1.21 bits per heavy atom. The summed E-state index contributed by atoms with van der Waals surface area (Å²) in [5.41, 5.74) is 9.51. The van der Waals surface area contributed by atoms with Crippen LogP contribution in [-0.4, -0.2) is 19.0 Å². The average molecular weight is 258 g/mol. The lowest BCUT2D eigenvalue weighted by atomic mass is 9.90. The second-order valence-electron chi connectivity index (χ2n) is 6.08. The summed E-state index contributed by atoms with van der Waals surface area (Å²) in [6.45, 7) is 1.40. The molecule has 1 aromatic rings. The lowest BCUT2D eigenvalue weighted by Gasteiger charge is -2.17. The molecular weight excluding hydrogens is 236 g/mol. The maximum absolute atomic E-state index is 12.2. The summed E-state index contributed by atoms with van der Waals surface area (Å²) in [5.74, 6) is 0.0492. The first-order valence-corrected chi connectivity index (χ1v) is 7.33. The first-order chi connectivity index (χ1) is 9.22. The van der Waals surface area contributed by atoms with E-state index in [1.165, 1.54) is 24.0 Å². The van der Waals surface area contributed by atoms with E-state index in [4.69, 9.17) is 5.73 Å². The molecule has 3 rings (SSSR count). The van der Waals surface area contributed by atoms with Gasteiger partial charge in [0.25, 0.3) is 5.91 Å². The smallest absolute Gasteiger partial charge is 0.251 e. The van der Waals surface area contributed by atoms with Crippen molar-refractivity contribution >= 4 is 5.91 Å². The molecule has 0 aromatic heterocycles. The molecule has 1 aromatic carbocycles.